The SMILES string of the molecule is CC(=O)OC(Cl)C=CCCl. The van der Waals surface area contributed by atoms with Crippen molar-refractivity contribution in [1.29, 1.82) is 0 Å². The number of hydrogen-bond donors (Lipinski definition) is 0. The normalized spacial score (nSPS) is 13.5. The fourth-order valence-electron chi connectivity index (χ4n) is 0.356. The van der Waals surface area contributed by atoms with Crippen LogP contribution in [0.25, 0.3) is 0 Å². The second-order valence-corrected chi connectivity index (χ2v) is 2.28. The number of alkyl halides is 2. The van der Waals surface area contributed by atoms with Gasteiger partial charge in [0.05, 0.1) is 0 Å². The molecule has 0 amide bonds. The summed E-state index contributed by atoms with van der Waals surface area (Å²) in [6.07, 6.45) is 3.12. The molecule has 0 fully saturated rings. The third-order valence-electron chi connectivity index (χ3n) is 0.655. The Balaban J connectivity index is 3.52. The number of carbonyl (C=O) groups excluding carboxylic acids is 1. The van der Waals surface area contributed by atoms with Crippen LogP contribution < -0.4 is 0 Å². The summed E-state index contributed by atoms with van der Waals surface area (Å²) in [5.74, 6) is -0.0379. The van der Waals surface area contributed by atoms with Crippen molar-refractivity contribution in [3.63, 3.8) is 0 Å². The standard InChI is InChI=1S/C6H8Cl2O2/c1-5(9)10-6(8)3-2-4-7/h2-3,6H,4H2,1H3. The summed E-state index contributed by atoms with van der Waals surface area (Å²) in [6, 6.07) is 0. The van der Waals surface area contributed by atoms with Gasteiger partial charge in [0.15, 0.2) is 5.56 Å². The van der Waals surface area contributed by atoms with Gasteiger partial charge in [0.1, 0.15) is 0 Å². The van der Waals surface area contributed by atoms with E-state index in [1.165, 1.54) is 13.0 Å². The molecule has 58 valence electrons. The predicted molar refractivity (Wildman–Crippen MR) is 41.3 cm³/mol. The summed E-state index contributed by atoms with van der Waals surface area (Å²) in [6.45, 7) is 1.30. The molecule has 0 aliphatic heterocycles. The van der Waals surface area contributed by atoms with Gasteiger partial charge in [-0.15, -0.1) is 11.6 Å². The summed E-state index contributed by atoms with van der Waals surface area (Å²) in [5.41, 5.74) is -0.698. The highest BCUT2D eigenvalue weighted by molar-refractivity contribution is 6.21. The van der Waals surface area contributed by atoms with Crippen LogP contribution in [0.2, 0.25) is 0 Å². The van der Waals surface area contributed by atoms with E-state index < -0.39 is 11.5 Å². The molecule has 0 spiro atoms. The Bertz CT molecular complexity index is 134. The van der Waals surface area contributed by atoms with Crippen molar-refractivity contribution in [2.75, 3.05) is 5.88 Å². The molecule has 0 N–H and O–H groups in total. The van der Waals surface area contributed by atoms with E-state index in [1.807, 2.05) is 0 Å². The molecule has 0 saturated carbocycles. The Kier molecular flexibility index (Phi) is 5.45. The Morgan fingerprint density at radius 1 is 1.80 bits per heavy atom. The van der Waals surface area contributed by atoms with Crippen molar-refractivity contribution in [2.45, 2.75) is 12.5 Å². The van der Waals surface area contributed by atoms with E-state index in [1.54, 1.807) is 6.08 Å². The van der Waals surface area contributed by atoms with E-state index in [2.05, 4.69) is 4.74 Å². The molecule has 1 atom stereocenters. The van der Waals surface area contributed by atoms with Crippen molar-refractivity contribution in [3.05, 3.63) is 12.2 Å². The van der Waals surface area contributed by atoms with Crippen LogP contribution in [-0.4, -0.2) is 17.4 Å². The first kappa shape index (κ1) is 9.79. The van der Waals surface area contributed by atoms with Gasteiger partial charge in [-0.2, -0.15) is 0 Å². The van der Waals surface area contributed by atoms with Crippen LogP contribution in [-0.2, 0) is 9.53 Å². The molecule has 0 bridgehead atoms. The van der Waals surface area contributed by atoms with Gasteiger partial charge in [-0.25, -0.2) is 0 Å². The lowest BCUT2D eigenvalue weighted by atomic mass is 10.5. The van der Waals surface area contributed by atoms with Gasteiger partial charge in [-0.05, 0) is 6.08 Å². The number of allylic oxidation sites excluding steroid dienone is 1. The maximum absolute atomic E-state index is 10.2. The third kappa shape index (κ3) is 5.92. The van der Waals surface area contributed by atoms with Crippen LogP contribution in [0.15, 0.2) is 12.2 Å². The summed E-state index contributed by atoms with van der Waals surface area (Å²) in [4.78, 5) is 10.2. The molecule has 0 radical (unpaired) electrons. The van der Waals surface area contributed by atoms with Gasteiger partial charge < -0.3 is 4.74 Å². The number of halogens is 2. The first-order chi connectivity index (χ1) is 4.66. The molecular formula is C6H8Cl2O2. The molecule has 0 saturated heterocycles. The summed E-state index contributed by atoms with van der Waals surface area (Å²) < 4.78 is 4.53. The number of ether oxygens (including phenoxy) is 1. The van der Waals surface area contributed by atoms with Gasteiger partial charge in [-0.3, -0.25) is 4.79 Å². The van der Waals surface area contributed by atoms with Crippen molar-refractivity contribution in [2.24, 2.45) is 0 Å². The summed E-state index contributed by atoms with van der Waals surface area (Å²) in [5, 5.41) is 0. The molecule has 0 aliphatic rings. The van der Waals surface area contributed by atoms with E-state index >= 15 is 0 Å². The first-order valence-corrected chi connectivity index (χ1v) is 3.68. The number of carbonyl (C=O) groups is 1. The van der Waals surface area contributed by atoms with Crippen molar-refractivity contribution >= 4 is 29.2 Å². The molecule has 0 aromatic carbocycles. The van der Waals surface area contributed by atoms with Gasteiger partial charge >= 0.3 is 5.97 Å². The van der Waals surface area contributed by atoms with Crippen molar-refractivity contribution in [3.8, 4) is 0 Å². The minimum absolute atomic E-state index is 0.366. The molecule has 0 aromatic rings. The lowest BCUT2D eigenvalue weighted by molar-refractivity contribution is -0.141. The molecule has 10 heavy (non-hydrogen) atoms. The Morgan fingerprint density at radius 2 is 2.40 bits per heavy atom. The van der Waals surface area contributed by atoms with Crippen LogP contribution in [0.3, 0.4) is 0 Å². The molecular weight excluding hydrogens is 175 g/mol. The van der Waals surface area contributed by atoms with E-state index in [9.17, 15) is 4.79 Å². The minimum Gasteiger partial charge on any atom is -0.442 e. The van der Waals surface area contributed by atoms with Crippen LogP contribution in [0.5, 0.6) is 0 Å². The van der Waals surface area contributed by atoms with E-state index in [0.29, 0.717) is 5.88 Å². The van der Waals surface area contributed by atoms with Crippen molar-refractivity contribution in [1.82, 2.24) is 0 Å². The molecule has 4 heteroatoms. The quantitative estimate of drug-likeness (QED) is 0.379. The van der Waals surface area contributed by atoms with Gasteiger partial charge in [0.2, 0.25) is 0 Å². The van der Waals surface area contributed by atoms with Gasteiger partial charge in [0, 0.05) is 12.8 Å². The largest absolute Gasteiger partial charge is 0.442 e. The topological polar surface area (TPSA) is 26.3 Å². The highest BCUT2D eigenvalue weighted by Crippen LogP contribution is 2.00. The maximum Gasteiger partial charge on any atom is 0.304 e. The highest BCUT2D eigenvalue weighted by Gasteiger charge is 2.00. The summed E-state index contributed by atoms with van der Waals surface area (Å²) in [7, 11) is 0. The zero-order valence-electron chi connectivity index (χ0n) is 5.51. The third-order valence-corrected chi connectivity index (χ3v) is 1.07. The number of hydrogen-bond acceptors (Lipinski definition) is 2. The monoisotopic (exact) mass is 182 g/mol. The fourth-order valence-corrected chi connectivity index (χ4v) is 0.687. The van der Waals surface area contributed by atoms with Gasteiger partial charge in [-0.1, -0.05) is 17.7 Å². The van der Waals surface area contributed by atoms with E-state index in [0.717, 1.165) is 0 Å². The second-order valence-electron chi connectivity index (χ2n) is 1.54. The van der Waals surface area contributed by atoms with E-state index in [-0.39, 0.29) is 0 Å². The molecule has 0 heterocycles. The zero-order valence-corrected chi connectivity index (χ0v) is 7.02. The lowest BCUT2D eigenvalue weighted by Gasteiger charge is -2.02. The minimum atomic E-state index is -0.698. The van der Waals surface area contributed by atoms with Crippen LogP contribution in [0, 0.1) is 0 Å². The zero-order chi connectivity index (χ0) is 7.98. The molecule has 0 aliphatic carbocycles. The lowest BCUT2D eigenvalue weighted by Crippen LogP contribution is -2.06. The second kappa shape index (κ2) is 5.57. The van der Waals surface area contributed by atoms with Gasteiger partial charge in [0.25, 0.3) is 0 Å². The number of esters is 1. The highest BCUT2D eigenvalue weighted by atomic mass is 35.5. The summed E-state index contributed by atoms with van der Waals surface area (Å²) >= 11 is 10.8. The maximum atomic E-state index is 10.2. The Labute approximate surface area is 69.8 Å². The van der Waals surface area contributed by atoms with Crippen LogP contribution >= 0.6 is 23.2 Å². The Hall–Kier alpha value is -0.210. The molecule has 0 rings (SSSR count). The fraction of sp³-hybridized carbons (Fsp3) is 0.500. The molecule has 0 aromatic heterocycles. The molecule has 2 nitrogen and oxygen atoms in total. The average molecular weight is 183 g/mol. The van der Waals surface area contributed by atoms with Crippen molar-refractivity contribution < 1.29 is 9.53 Å². The smallest absolute Gasteiger partial charge is 0.304 e. The van der Waals surface area contributed by atoms with Crippen LogP contribution in [0.4, 0.5) is 0 Å². The van der Waals surface area contributed by atoms with Crippen LogP contribution in [0.1, 0.15) is 6.92 Å². The first-order valence-electron chi connectivity index (χ1n) is 2.70. The molecule has 1 unspecified atom stereocenters. The number of rotatable bonds is 3. The predicted octanol–water partition coefficient (Wildman–Crippen LogP) is 1.91. The van der Waals surface area contributed by atoms with E-state index in [4.69, 9.17) is 23.2 Å². The Morgan fingerprint density at radius 3 is 2.80 bits per heavy atom. The average Bonchev–Trinajstić information content (AvgIpc) is 1.82.